The van der Waals surface area contributed by atoms with Gasteiger partial charge in [0.15, 0.2) is 51.8 Å². The van der Waals surface area contributed by atoms with Crippen LogP contribution in [0.3, 0.4) is 0 Å². The van der Waals surface area contributed by atoms with E-state index >= 15 is 14.4 Å². The number of rotatable bonds is 35. The Labute approximate surface area is 770 Å². The molecule has 6 N–H and O–H groups in total. The van der Waals surface area contributed by atoms with E-state index in [1.165, 1.54) is 42.5 Å². The van der Waals surface area contributed by atoms with Crippen molar-refractivity contribution in [2.45, 2.75) is 201 Å². The summed E-state index contributed by atoms with van der Waals surface area (Å²) in [6.07, 6.45) is -31.0. The molecule has 700 valence electrons. The fraction of sp³-hybridized carbons (Fsp3) is 0.360. The lowest BCUT2D eigenvalue weighted by Crippen LogP contribution is -2.71. The van der Waals surface area contributed by atoms with E-state index in [1.54, 1.807) is 231 Å². The highest BCUT2D eigenvalue weighted by molar-refractivity contribution is 6.74. The van der Waals surface area contributed by atoms with Gasteiger partial charge in [0.1, 0.15) is 100 Å². The number of nitrogens with one attached hydrogen (secondary N) is 5. The molecule has 5 fully saturated rings. The van der Waals surface area contributed by atoms with Gasteiger partial charge in [-0.3, -0.25) is 0 Å². The van der Waals surface area contributed by atoms with Crippen LogP contribution < -0.4 is 26.6 Å². The van der Waals surface area contributed by atoms with Crippen molar-refractivity contribution in [3.05, 3.63) is 336 Å². The van der Waals surface area contributed by atoms with Crippen LogP contribution in [0.25, 0.3) is 0 Å². The zero-order valence-electron chi connectivity index (χ0n) is 73.9. The minimum atomic E-state index is -2.94. The maximum absolute atomic E-state index is 15.1. The number of aliphatic hydroxyl groups excluding tert-OH is 1. The molecule has 9 aromatic rings. The molecule has 20 atom stereocenters. The molecule has 0 spiro atoms. The molecule has 20 unspecified atom stereocenters. The van der Waals surface area contributed by atoms with Crippen LogP contribution in [0.1, 0.15) is 97.9 Å². The Hall–Kier alpha value is -12.7. The van der Waals surface area contributed by atoms with Crippen molar-refractivity contribution >= 4 is 56.7 Å². The molecule has 1 saturated carbocycles. The van der Waals surface area contributed by atoms with Gasteiger partial charge in [-0.05, 0) is 88.8 Å². The molecule has 4 aliphatic heterocycles. The Balaban J connectivity index is 0.900. The minimum Gasteiger partial charge on any atom is -0.453 e. The summed E-state index contributed by atoms with van der Waals surface area (Å²) in [4.78, 5) is 119. The summed E-state index contributed by atoms with van der Waals surface area (Å²) >= 11 is 0. The van der Waals surface area contributed by atoms with Gasteiger partial charge < -0.3 is 117 Å². The highest BCUT2D eigenvalue weighted by Crippen LogP contribution is 2.43. The van der Waals surface area contributed by atoms with Crippen LogP contribution in [0, 0.1) is 0 Å². The lowest BCUT2D eigenvalue weighted by Gasteiger charge is -2.51. The van der Waals surface area contributed by atoms with Crippen molar-refractivity contribution in [1.82, 2.24) is 26.6 Å². The first-order valence-corrected chi connectivity index (χ1v) is 46.8. The van der Waals surface area contributed by atoms with Crippen LogP contribution in [-0.2, 0) is 118 Å². The van der Waals surface area contributed by atoms with E-state index in [-0.39, 0.29) is 69.5 Å². The van der Waals surface area contributed by atoms with Gasteiger partial charge >= 0.3 is 48.4 Å². The molecule has 4 saturated heterocycles. The number of hydrogen-bond acceptors (Lipinski definition) is 27. The van der Waals surface area contributed by atoms with Crippen LogP contribution in [0.2, 0.25) is 18.1 Å². The third kappa shape index (κ3) is 26.4. The van der Waals surface area contributed by atoms with Crippen LogP contribution in [-0.4, -0.2) is 204 Å². The van der Waals surface area contributed by atoms with Gasteiger partial charge in [-0.15, -0.1) is 6.58 Å². The van der Waals surface area contributed by atoms with Gasteiger partial charge in [0.2, 0.25) is 0 Å². The summed E-state index contributed by atoms with van der Waals surface area (Å²) in [6.45, 7) is 11.2. The first-order chi connectivity index (χ1) is 64.5. The third-order valence-electron chi connectivity index (χ3n) is 23.4. The molecule has 1 aliphatic carbocycles. The average molecular weight is 1840 g/mol. The molecule has 9 aromatic carbocycles. The Morgan fingerprint density at radius 1 is 0.414 bits per heavy atom. The van der Waals surface area contributed by atoms with Crippen molar-refractivity contribution in [2.24, 2.45) is 0 Å². The summed E-state index contributed by atoms with van der Waals surface area (Å²) in [7, 11) is -2.94. The number of alkyl carbamates (subject to hydrolysis) is 5. The Morgan fingerprint density at radius 3 is 1.24 bits per heavy atom. The predicted molar refractivity (Wildman–Crippen MR) is 480 cm³/mol. The maximum Gasteiger partial charge on any atom is 0.407 e. The van der Waals surface area contributed by atoms with Crippen molar-refractivity contribution in [1.29, 1.82) is 0 Å². The Bertz CT molecular complexity index is 5250. The van der Waals surface area contributed by atoms with Gasteiger partial charge in [-0.25, -0.2) is 38.4 Å². The Morgan fingerprint density at radius 2 is 0.789 bits per heavy atom. The number of carbonyl (C=O) groups excluding carboxylic acids is 8. The fourth-order valence-electron chi connectivity index (χ4n) is 15.5. The highest BCUT2D eigenvalue weighted by Gasteiger charge is 2.61. The topological polar surface area (TPSA) is 383 Å². The fourth-order valence-corrected chi connectivity index (χ4v) is 16.5. The summed E-state index contributed by atoms with van der Waals surface area (Å²) < 4.78 is 120. The van der Waals surface area contributed by atoms with Crippen LogP contribution in [0.15, 0.2) is 286 Å². The average Bonchev–Trinajstić information content (AvgIpc) is 1.43. The zero-order valence-corrected chi connectivity index (χ0v) is 74.9. The molecule has 133 heavy (non-hydrogen) atoms. The van der Waals surface area contributed by atoms with Gasteiger partial charge in [0.05, 0.1) is 55.1 Å². The molecule has 5 amide bonds. The third-order valence-corrected chi connectivity index (χ3v) is 27.9. The van der Waals surface area contributed by atoms with Gasteiger partial charge in [-0.2, -0.15) is 0 Å². The first-order valence-electron chi connectivity index (χ1n) is 43.9. The molecular weight excluding hydrogens is 1730 g/mol. The van der Waals surface area contributed by atoms with Gasteiger partial charge in [-0.1, -0.05) is 263 Å². The van der Waals surface area contributed by atoms with Gasteiger partial charge in [0.25, 0.3) is 0 Å². The SMILES string of the molecule is C=CCOC1C(OC2C(O)C(NC(=O)OCc3ccccc3)CC(NC(=O)OCc3ccccc3)C2OC2OC3COC(c4ccccc4)OC3C(OC(=O)c3ccccc3)C2NC(=O)OCc2ccccc2)OC(CO[Si](C)(C)C(C)(C)C)C1OC1OC(CNC(=O)OCc2ccccc2)C(OC(=O)c2ccccc2)C(OC(=O)c2ccccc2)C1NC(=O)OCc1ccccc1. The number of carbonyl (C=O) groups is 8. The molecule has 33 heteroatoms. The summed E-state index contributed by atoms with van der Waals surface area (Å²) in [5.41, 5.74) is 3.72. The number of ether oxygens (including phenoxy) is 17. The minimum absolute atomic E-state index is 0.0111. The van der Waals surface area contributed by atoms with E-state index in [2.05, 4.69) is 33.2 Å². The molecule has 0 radical (unpaired) electrons. The molecular formula is C100H109N5O27Si. The standard InChI is InChI=1S/C100H109N5O27Si/c1-7-53-115-87-83(131-92-77(104-98(113)120-59-66-41-23-11-24-42-66)84(127-89(108)69-47-29-14-30-48-69)81(126-88(107)68-45-27-13-28-46-68)74(123-92)55-101-95(110)117-56-63-35-17-8-18-36-63)76(62-122-133(5,6)100(2,3)4)125-94(87)132-86-79(106)72(102-96(111)118-57-64-37-19-9-20-38-64)54-73(103-97(112)119-58-65-39-21-10-22-40-65)80(86)129-93-78(105-99(114)121-60-67-43-25-12-26-44-67)85(128-90(109)70-49-31-15-32-50-70)82-75(124-93)61-116-91(130-82)71-51-33-16-34-52-71/h7-52,72-87,91-94,106H,1,53-62H2,2-6H3,(H,101,110)(H,102,111)(H,103,112)(H,104,113)(H,105,114). The number of hydrogen-bond donors (Lipinski definition) is 6. The second kappa shape index (κ2) is 46.6. The molecule has 14 rings (SSSR count). The number of fused-ring (bicyclic) bond motifs is 1. The van der Waals surface area contributed by atoms with E-state index in [0.717, 1.165) is 0 Å². The lowest BCUT2D eigenvalue weighted by atomic mass is 9.83. The molecule has 32 nitrogen and oxygen atoms in total. The van der Waals surface area contributed by atoms with E-state index in [9.17, 15) is 29.1 Å². The summed E-state index contributed by atoms with van der Waals surface area (Å²) in [5.74, 6) is -2.82. The van der Waals surface area contributed by atoms with E-state index < -0.39 is 197 Å². The zero-order chi connectivity index (χ0) is 93.2. The number of esters is 3. The van der Waals surface area contributed by atoms with E-state index in [0.29, 0.717) is 33.4 Å². The van der Waals surface area contributed by atoms with Crippen molar-refractivity contribution in [3.63, 3.8) is 0 Å². The van der Waals surface area contributed by atoms with E-state index in [1.807, 2.05) is 39.9 Å². The monoisotopic (exact) mass is 1840 g/mol. The van der Waals surface area contributed by atoms with Crippen molar-refractivity contribution in [3.8, 4) is 0 Å². The second-order valence-corrected chi connectivity index (χ2v) is 38.5. The molecule has 0 aromatic heterocycles. The number of aliphatic hydroxyl groups is 1. The van der Waals surface area contributed by atoms with Crippen LogP contribution in [0.4, 0.5) is 24.0 Å². The molecule has 0 bridgehead atoms. The van der Waals surface area contributed by atoms with E-state index in [4.69, 9.17) is 85.0 Å². The lowest BCUT2D eigenvalue weighted by molar-refractivity contribution is -0.358. The van der Waals surface area contributed by atoms with Crippen molar-refractivity contribution in [2.75, 3.05) is 26.4 Å². The number of benzene rings is 9. The smallest absolute Gasteiger partial charge is 0.407 e. The summed E-state index contributed by atoms with van der Waals surface area (Å²) in [5, 5.41) is 27.5. The van der Waals surface area contributed by atoms with Crippen LogP contribution in [0.5, 0.6) is 0 Å². The van der Waals surface area contributed by atoms with Gasteiger partial charge in [0, 0.05) is 5.56 Å². The number of amides is 5. The molecule has 4 heterocycles. The normalized spacial score (nSPS) is 25.5. The predicted octanol–water partition coefficient (Wildman–Crippen LogP) is 13.6. The summed E-state index contributed by atoms with van der Waals surface area (Å²) in [6, 6.07) is 70.1. The first kappa shape index (κ1) is 96.3. The molecule has 5 aliphatic rings. The highest BCUT2D eigenvalue weighted by atomic mass is 28.4. The second-order valence-electron chi connectivity index (χ2n) is 33.7. The maximum atomic E-state index is 15.1. The van der Waals surface area contributed by atoms with Crippen molar-refractivity contribution < 1.29 is 128 Å². The van der Waals surface area contributed by atoms with Crippen LogP contribution >= 0.6 is 0 Å². The Kier molecular flexibility index (Phi) is 33.7. The quantitative estimate of drug-likeness (QED) is 0.00930. The largest absolute Gasteiger partial charge is 0.453 e.